The molecule has 2 fully saturated rings. The van der Waals surface area contributed by atoms with Gasteiger partial charge in [-0.15, -0.1) is 0 Å². The minimum atomic E-state index is -0.313. The molecule has 0 spiro atoms. The zero-order valence-corrected chi connectivity index (χ0v) is 10.9. The Morgan fingerprint density at radius 1 is 1.37 bits per heavy atom. The third-order valence-corrected chi connectivity index (χ3v) is 4.27. The van der Waals surface area contributed by atoms with Crippen molar-refractivity contribution in [3.63, 3.8) is 0 Å². The van der Waals surface area contributed by atoms with Gasteiger partial charge in [0.25, 0.3) is 0 Å². The molecule has 0 saturated carbocycles. The van der Waals surface area contributed by atoms with Crippen LogP contribution in [0.5, 0.6) is 0 Å². The van der Waals surface area contributed by atoms with Gasteiger partial charge in [0.2, 0.25) is 0 Å². The number of nitrogens with one attached hydrogen (secondary N) is 1. The molecule has 0 bridgehead atoms. The van der Waals surface area contributed by atoms with Gasteiger partial charge >= 0.3 is 0 Å². The molecule has 2 aliphatic heterocycles. The summed E-state index contributed by atoms with van der Waals surface area (Å²) in [5.74, 6) is 0.421. The smallest absolute Gasteiger partial charge is 0.124 e. The van der Waals surface area contributed by atoms with E-state index in [9.17, 15) is 4.39 Å². The number of nitrogens with zero attached hydrogens (tertiary/aromatic N) is 2. The molecule has 0 aliphatic carbocycles. The highest BCUT2D eigenvalue weighted by Crippen LogP contribution is 2.27. The van der Waals surface area contributed by atoms with Crippen molar-refractivity contribution in [3.8, 4) is 6.07 Å². The maximum atomic E-state index is 13.5. The normalized spacial score (nSPS) is 26.9. The lowest BCUT2D eigenvalue weighted by atomic mass is 9.91. The highest BCUT2D eigenvalue weighted by Gasteiger charge is 2.34. The molecular weight excluding hydrogens is 241 g/mol. The molecule has 3 nitrogen and oxygen atoms in total. The first kappa shape index (κ1) is 12.6. The van der Waals surface area contributed by atoms with Crippen molar-refractivity contribution in [2.24, 2.45) is 5.92 Å². The molecule has 2 aliphatic rings. The van der Waals surface area contributed by atoms with Gasteiger partial charge in [-0.25, -0.2) is 4.39 Å². The van der Waals surface area contributed by atoms with Crippen LogP contribution < -0.4 is 5.32 Å². The highest BCUT2D eigenvalue weighted by molar-refractivity contribution is 5.33. The van der Waals surface area contributed by atoms with Crippen LogP contribution in [0.4, 0.5) is 4.39 Å². The average molecular weight is 259 g/mol. The molecule has 2 saturated heterocycles. The van der Waals surface area contributed by atoms with Crippen LogP contribution in [-0.2, 0) is 6.54 Å². The third-order valence-electron chi connectivity index (χ3n) is 4.27. The molecule has 1 aromatic carbocycles. The van der Waals surface area contributed by atoms with Crippen molar-refractivity contribution in [2.75, 3.05) is 19.6 Å². The Morgan fingerprint density at radius 2 is 2.26 bits per heavy atom. The molecule has 0 radical (unpaired) electrons. The third kappa shape index (κ3) is 2.63. The molecule has 2 unspecified atom stereocenters. The SMILES string of the molecule is N#Cc1cc(F)cc(CN2CCCC3CNCC32)c1. The number of rotatable bonds is 2. The van der Waals surface area contributed by atoms with Crippen LogP contribution in [0.15, 0.2) is 18.2 Å². The zero-order chi connectivity index (χ0) is 13.2. The second-order valence-electron chi connectivity index (χ2n) is 5.56. The van der Waals surface area contributed by atoms with Gasteiger partial charge in [-0.2, -0.15) is 5.26 Å². The van der Waals surface area contributed by atoms with E-state index in [2.05, 4.69) is 10.2 Å². The van der Waals surface area contributed by atoms with Gasteiger partial charge < -0.3 is 5.32 Å². The largest absolute Gasteiger partial charge is 0.315 e. The lowest BCUT2D eigenvalue weighted by Crippen LogP contribution is -2.44. The summed E-state index contributed by atoms with van der Waals surface area (Å²) >= 11 is 0. The summed E-state index contributed by atoms with van der Waals surface area (Å²) in [5, 5.41) is 12.3. The summed E-state index contributed by atoms with van der Waals surface area (Å²) in [6, 6.07) is 7.23. The number of hydrogen-bond acceptors (Lipinski definition) is 3. The summed E-state index contributed by atoms with van der Waals surface area (Å²) in [6.45, 7) is 3.95. The van der Waals surface area contributed by atoms with Crippen LogP contribution in [-0.4, -0.2) is 30.6 Å². The topological polar surface area (TPSA) is 39.1 Å². The first-order valence-electron chi connectivity index (χ1n) is 6.90. The van der Waals surface area contributed by atoms with Crippen molar-refractivity contribution in [3.05, 3.63) is 35.1 Å². The Kier molecular flexibility index (Phi) is 3.50. The van der Waals surface area contributed by atoms with E-state index >= 15 is 0 Å². The average Bonchev–Trinajstić information content (AvgIpc) is 2.87. The number of likely N-dealkylation sites (tertiary alicyclic amines) is 1. The van der Waals surface area contributed by atoms with Crippen LogP contribution >= 0.6 is 0 Å². The van der Waals surface area contributed by atoms with Gasteiger partial charge in [0.05, 0.1) is 11.6 Å². The predicted molar refractivity (Wildman–Crippen MR) is 70.9 cm³/mol. The van der Waals surface area contributed by atoms with Gasteiger partial charge in [0.15, 0.2) is 0 Å². The fourth-order valence-corrected chi connectivity index (χ4v) is 3.40. The summed E-state index contributed by atoms with van der Waals surface area (Å²) in [6.07, 6.45) is 2.50. The van der Waals surface area contributed by atoms with Gasteiger partial charge in [0.1, 0.15) is 5.82 Å². The van der Waals surface area contributed by atoms with E-state index in [0.717, 1.165) is 37.7 Å². The van der Waals surface area contributed by atoms with E-state index in [1.807, 2.05) is 6.07 Å². The lowest BCUT2D eigenvalue weighted by Gasteiger charge is -2.37. The molecule has 1 N–H and O–H groups in total. The van der Waals surface area contributed by atoms with Crippen LogP contribution in [0.2, 0.25) is 0 Å². The molecular formula is C15H18FN3. The van der Waals surface area contributed by atoms with Crippen molar-refractivity contribution >= 4 is 0 Å². The Labute approximate surface area is 113 Å². The number of halogens is 1. The maximum absolute atomic E-state index is 13.5. The molecule has 4 heteroatoms. The van der Waals surface area contributed by atoms with Crippen LogP contribution in [0.25, 0.3) is 0 Å². The molecule has 0 aromatic heterocycles. The molecule has 2 atom stereocenters. The Morgan fingerprint density at radius 3 is 3.11 bits per heavy atom. The first-order valence-corrected chi connectivity index (χ1v) is 6.90. The summed E-state index contributed by atoms with van der Waals surface area (Å²) < 4.78 is 13.5. The number of hydrogen-bond donors (Lipinski definition) is 1. The van der Waals surface area contributed by atoms with Gasteiger partial charge in [-0.3, -0.25) is 4.90 Å². The Balaban J connectivity index is 1.77. The fourth-order valence-electron chi connectivity index (χ4n) is 3.40. The molecule has 19 heavy (non-hydrogen) atoms. The van der Waals surface area contributed by atoms with E-state index in [1.165, 1.54) is 18.9 Å². The molecule has 100 valence electrons. The number of fused-ring (bicyclic) bond motifs is 1. The molecule has 1 aromatic rings. The molecule has 3 rings (SSSR count). The lowest BCUT2D eigenvalue weighted by molar-refractivity contribution is 0.117. The predicted octanol–water partition coefficient (Wildman–Crippen LogP) is 1.88. The quantitative estimate of drug-likeness (QED) is 0.881. The Hall–Kier alpha value is -1.44. The fraction of sp³-hybridized carbons (Fsp3) is 0.533. The van der Waals surface area contributed by atoms with Gasteiger partial charge in [0, 0.05) is 19.1 Å². The van der Waals surface area contributed by atoms with Crippen molar-refractivity contribution in [2.45, 2.75) is 25.4 Å². The second-order valence-corrected chi connectivity index (χ2v) is 5.56. The van der Waals surface area contributed by atoms with E-state index in [4.69, 9.17) is 5.26 Å². The summed E-state index contributed by atoms with van der Waals surface area (Å²) in [7, 11) is 0. The summed E-state index contributed by atoms with van der Waals surface area (Å²) in [4.78, 5) is 2.43. The van der Waals surface area contributed by atoms with E-state index in [1.54, 1.807) is 12.1 Å². The van der Waals surface area contributed by atoms with Gasteiger partial charge in [-0.1, -0.05) is 0 Å². The van der Waals surface area contributed by atoms with Gasteiger partial charge in [-0.05, 0) is 55.6 Å². The summed E-state index contributed by atoms with van der Waals surface area (Å²) in [5.41, 5.74) is 1.32. The van der Waals surface area contributed by atoms with E-state index < -0.39 is 0 Å². The maximum Gasteiger partial charge on any atom is 0.124 e. The van der Waals surface area contributed by atoms with Crippen molar-refractivity contribution in [1.29, 1.82) is 5.26 Å². The van der Waals surface area contributed by atoms with Crippen LogP contribution in [0.1, 0.15) is 24.0 Å². The van der Waals surface area contributed by atoms with Crippen LogP contribution in [0, 0.1) is 23.1 Å². The molecule has 0 amide bonds. The van der Waals surface area contributed by atoms with Crippen LogP contribution in [0.3, 0.4) is 0 Å². The zero-order valence-electron chi connectivity index (χ0n) is 10.9. The first-order chi connectivity index (χ1) is 9.26. The van der Waals surface area contributed by atoms with E-state index in [-0.39, 0.29) is 5.82 Å². The minimum Gasteiger partial charge on any atom is -0.315 e. The molecule has 2 heterocycles. The number of nitriles is 1. The minimum absolute atomic E-state index is 0.313. The van der Waals surface area contributed by atoms with E-state index in [0.29, 0.717) is 11.6 Å². The standard InChI is InChI=1S/C15H18FN3/c16-14-5-11(7-17)4-12(6-14)10-19-3-1-2-13-8-18-9-15(13)19/h4-6,13,15,18H,1-3,8-10H2. The highest BCUT2D eigenvalue weighted by atomic mass is 19.1. The van der Waals surface area contributed by atoms with Crippen molar-refractivity contribution in [1.82, 2.24) is 10.2 Å². The monoisotopic (exact) mass is 259 g/mol. The number of benzene rings is 1. The Bertz CT molecular complexity index is 509. The number of piperidine rings is 1. The van der Waals surface area contributed by atoms with Crippen molar-refractivity contribution < 1.29 is 4.39 Å². The second kappa shape index (κ2) is 5.28.